The first-order valence-corrected chi connectivity index (χ1v) is 10.8. The molecule has 1 aliphatic heterocycles. The number of carbonyl (C=O) groups is 1. The van der Waals surface area contributed by atoms with Gasteiger partial charge in [0.05, 0.1) is 29.1 Å². The average molecular weight is 413 g/mol. The fourth-order valence-electron chi connectivity index (χ4n) is 4.65. The average Bonchev–Trinajstić information content (AvgIpc) is 3.24. The van der Waals surface area contributed by atoms with Gasteiger partial charge in [0.15, 0.2) is 0 Å². The highest BCUT2D eigenvalue weighted by Gasteiger charge is 2.48. The van der Waals surface area contributed by atoms with E-state index in [1.165, 1.54) is 5.56 Å². The molecule has 7 nitrogen and oxygen atoms in total. The number of rotatable bonds is 5. The molecule has 1 aromatic carbocycles. The number of carbonyl (C=O) groups excluding carboxylic acids is 1. The summed E-state index contributed by atoms with van der Waals surface area (Å²) in [6, 6.07) is 10.5. The van der Waals surface area contributed by atoms with Gasteiger partial charge in [-0.2, -0.15) is 0 Å². The molecule has 2 fully saturated rings. The van der Waals surface area contributed by atoms with Crippen LogP contribution in [0.25, 0.3) is 16.7 Å². The number of ether oxygens (including phenoxy) is 1. The maximum Gasteiger partial charge on any atom is 0.254 e. The second-order valence-corrected chi connectivity index (χ2v) is 8.49. The highest BCUT2D eigenvalue weighted by Crippen LogP contribution is 2.53. The van der Waals surface area contributed by atoms with Gasteiger partial charge in [0, 0.05) is 42.5 Å². The summed E-state index contributed by atoms with van der Waals surface area (Å²) in [4.78, 5) is 26.1. The molecule has 156 valence electrons. The van der Waals surface area contributed by atoms with E-state index in [0.29, 0.717) is 17.9 Å². The van der Waals surface area contributed by atoms with Gasteiger partial charge >= 0.3 is 0 Å². The van der Waals surface area contributed by atoms with E-state index < -0.39 is 0 Å². The number of nitrogens with zero attached hydrogens (tertiary/aromatic N) is 4. The predicted octanol–water partition coefficient (Wildman–Crippen LogP) is 3.27. The van der Waals surface area contributed by atoms with Crippen molar-refractivity contribution in [3.63, 3.8) is 0 Å². The summed E-state index contributed by atoms with van der Waals surface area (Å²) in [6.07, 6.45) is 11.4. The van der Waals surface area contributed by atoms with E-state index in [1.807, 2.05) is 29.1 Å². The summed E-state index contributed by atoms with van der Waals surface area (Å²) in [5.41, 5.74) is 3.75. The van der Waals surface area contributed by atoms with Crippen molar-refractivity contribution >= 4 is 22.6 Å². The van der Waals surface area contributed by atoms with Gasteiger partial charge in [-0.25, -0.2) is 9.97 Å². The van der Waals surface area contributed by atoms with Crippen molar-refractivity contribution in [3.05, 3.63) is 71.9 Å². The maximum atomic E-state index is 12.7. The van der Waals surface area contributed by atoms with Gasteiger partial charge in [-0.15, -0.1) is 0 Å². The Bertz CT molecular complexity index is 1290. The Kier molecular flexibility index (Phi) is 4.24. The number of nitrogens with one attached hydrogen (secondary N) is 1. The molecule has 6 rings (SSSR count). The summed E-state index contributed by atoms with van der Waals surface area (Å²) >= 11 is 0. The van der Waals surface area contributed by atoms with Crippen LogP contribution in [-0.4, -0.2) is 44.5 Å². The van der Waals surface area contributed by atoms with Crippen LogP contribution in [0.15, 0.2) is 55.1 Å². The van der Waals surface area contributed by atoms with Crippen molar-refractivity contribution in [1.29, 1.82) is 0 Å². The minimum absolute atomic E-state index is 0.0993. The minimum Gasteiger partial charge on any atom is -0.376 e. The topological polar surface area (TPSA) is 81.4 Å². The number of fused-ring (bicyclic) bond motifs is 2. The number of amides is 1. The molecule has 1 aliphatic carbocycles. The number of benzene rings is 1. The molecule has 1 N–H and O–H groups in total. The Labute approximate surface area is 179 Å². The molecular formula is C24H23N5O2. The van der Waals surface area contributed by atoms with Crippen molar-refractivity contribution in [2.75, 3.05) is 13.2 Å². The largest absolute Gasteiger partial charge is 0.376 e. The smallest absolute Gasteiger partial charge is 0.254 e. The van der Waals surface area contributed by atoms with Crippen LogP contribution in [0.5, 0.6) is 0 Å². The summed E-state index contributed by atoms with van der Waals surface area (Å²) in [7, 11) is 0. The Morgan fingerprint density at radius 1 is 1.19 bits per heavy atom. The molecule has 1 saturated carbocycles. The zero-order valence-electron chi connectivity index (χ0n) is 17.1. The summed E-state index contributed by atoms with van der Waals surface area (Å²) in [6.45, 7) is 1.31. The summed E-state index contributed by atoms with van der Waals surface area (Å²) in [5.74, 6) is 0.477. The first-order chi connectivity index (χ1) is 15.2. The van der Waals surface area contributed by atoms with Crippen molar-refractivity contribution in [3.8, 4) is 0 Å². The number of pyridine rings is 1. The van der Waals surface area contributed by atoms with Crippen molar-refractivity contribution in [1.82, 2.24) is 24.7 Å². The molecule has 1 saturated heterocycles. The molecule has 1 atom stereocenters. The van der Waals surface area contributed by atoms with Crippen LogP contribution >= 0.6 is 0 Å². The number of imidazole rings is 1. The number of aromatic nitrogens is 4. The lowest BCUT2D eigenvalue weighted by Gasteiger charge is -2.17. The zero-order valence-corrected chi connectivity index (χ0v) is 17.1. The number of hydrogen-bond donors (Lipinski definition) is 1. The van der Waals surface area contributed by atoms with E-state index in [0.717, 1.165) is 48.9 Å². The third-order valence-corrected chi connectivity index (χ3v) is 6.54. The Balaban J connectivity index is 1.33. The fraction of sp³-hybridized carbons (Fsp3) is 0.333. The molecule has 4 aromatic rings. The lowest BCUT2D eigenvalue weighted by atomic mass is 9.91. The highest BCUT2D eigenvalue weighted by molar-refractivity contribution is 5.93. The molecule has 2 aliphatic rings. The summed E-state index contributed by atoms with van der Waals surface area (Å²) in [5, 5.41) is 4.11. The quantitative estimate of drug-likeness (QED) is 0.543. The van der Waals surface area contributed by atoms with Crippen LogP contribution in [0.1, 0.15) is 47.3 Å². The first-order valence-electron chi connectivity index (χ1n) is 10.8. The molecule has 0 bridgehead atoms. The van der Waals surface area contributed by atoms with Gasteiger partial charge in [0.25, 0.3) is 5.91 Å². The Hall–Kier alpha value is -3.32. The lowest BCUT2D eigenvalue weighted by Crippen LogP contribution is -2.32. The van der Waals surface area contributed by atoms with Crippen LogP contribution in [0.3, 0.4) is 0 Å². The fourth-order valence-corrected chi connectivity index (χ4v) is 4.65. The summed E-state index contributed by atoms with van der Waals surface area (Å²) < 4.78 is 7.57. The van der Waals surface area contributed by atoms with Crippen molar-refractivity contribution in [2.45, 2.75) is 37.2 Å². The SMILES string of the molecule is O=C(NCC1CCCO1)c1cnc2ncc(C3(c4ccc5ncccc5c4)CC3)n2c1. The molecular weight excluding hydrogens is 390 g/mol. The van der Waals surface area contributed by atoms with Gasteiger partial charge < -0.3 is 10.1 Å². The second kappa shape index (κ2) is 7.13. The normalized spacial score (nSPS) is 19.7. The van der Waals surface area contributed by atoms with Crippen LogP contribution in [0.2, 0.25) is 0 Å². The van der Waals surface area contributed by atoms with Crippen LogP contribution in [0.4, 0.5) is 0 Å². The van der Waals surface area contributed by atoms with Gasteiger partial charge in [0.1, 0.15) is 0 Å². The monoisotopic (exact) mass is 413 g/mol. The lowest BCUT2D eigenvalue weighted by molar-refractivity contribution is 0.0857. The van der Waals surface area contributed by atoms with E-state index >= 15 is 0 Å². The van der Waals surface area contributed by atoms with Crippen LogP contribution < -0.4 is 5.32 Å². The predicted molar refractivity (Wildman–Crippen MR) is 116 cm³/mol. The van der Waals surface area contributed by atoms with Crippen molar-refractivity contribution < 1.29 is 9.53 Å². The van der Waals surface area contributed by atoms with Gasteiger partial charge in [0.2, 0.25) is 5.78 Å². The van der Waals surface area contributed by atoms with Gasteiger partial charge in [-0.05, 0) is 49.4 Å². The third kappa shape index (κ3) is 3.16. The Morgan fingerprint density at radius 2 is 2.10 bits per heavy atom. The zero-order chi connectivity index (χ0) is 20.8. The standard InChI is InChI=1S/C24H23N5O2/c30-22(26-13-19-4-2-10-31-19)17-12-27-23-28-14-21(29(23)15-17)24(7-8-24)18-5-6-20-16(11-18)3-1-9-25-20/h1,3,5-6,9,11-12,14-15,19H,2,4,7-8,10,13H2,(H,26,30). The molecule has 31 heavy (non-hydrogen) atoms. The number of hydrogen-bond acceptors (Lipinski definition) is 5. The highest BCUT2D eigenvalue weighted by atomic mass is 16.5. The molecule has 3 aromatic heterocycles. The first kappa shape index (κ1) is 18.4. The maximum absolute atomic E-state index is 12.7. The van der Waals surface area contributed by atoms with Gasteiger partial charge in [-0.3, -0.25) is 14.2 Å². The van der Waals surface area contributed by atoms with E-state index in [-0.39, 0.29) is 17.4 Å². The van der Waals surface area contributed by atoms with E-state index in [4.69, 9.17) is 4.74 Å². The molecule has 1 amide bonds. The Morgan fingerprint density at radius 3 is 2.94 bits per heavy atom. The minimum atomic E-state index is -0.133. The molecule has 0 spiro atoms. The van der Waals surface area contributed by atoms with Crippen LogP contribution in [0, 0.1) is 0 Å². The van der Waals surface area contributed by atoms with E-state index in [1.54, 1.807) is 6.20 Å². The molecule has 0 radical (unpaired) electrons. The van der Waals surface area contributed by atoms with Crippen LogP contribution in [-0.2, 0) is 10.2 Å². The van der Waals surface area contributed by atoms with E-state index in [9.17, 15) is 4.79 Å². The molecule has 7 heteroatoms. The molecule has 4 heterocycles. The van der Waals surface area contributed by atoms with Gasteiger partial charge in [-0.1, -0.05) is 12.1 Å². The van der Waals surface area contributed by atoms with E-state index in [2.05, 4.69) is 44.5 Å². The third-order valence-electron chi connectivity index (χ3n) is 6.54. The van der Waals surface area contributed by atoms with Crippen molar-refractivity contribution in [2.24, 2.45) is 0 Å². The second-order valence-electron chi connectivity index (χ2n) is 8.49. The molecule has 1 unspecified atom stereocenters.